The number of carbonyl (C=O) groups is 2. The number of benzene rings is 2. The van der Waals surface area contributed by atoms with Crippen molar-refractivity contribution in [1.82, 2.24) is 10.3 Å². The largest absolute Gasteiger partial charge is 0.350 e. The first kappa shape index (κ1) is 18.2. The number of anilines is 2. The predicted octanol–water partition coefficient (Wildman–Crippen LogP) is 3.56. The summed E-state index contributed by atoms with van der Waals surface area (Å²) in [5, 5.41) is 9.18. The van der Waals surface area contributed by atoms with E-state index in [4.69, 9.17) is 0 Å². The van der Waals surface area contributed by atoms with Gasteiger partial charge in [0.05, 0.1) is 11.6 Å². The summed E-state index contributed by atoms with van der Waals surface area (Å²) in [6.45, 7) is 2.70. The first-order valence-electron chi connectivity index (χ1n) is 9.25. The molecular formula is C21H21FN4O2. The Morgan fingerprint density at radius 3 is 2.61 bits per heavy atom. The second-order valence-corrected chi connectivity index (χ2v) is 7.01. The zero-order valence-corrected chi connectivity index (χ0v) is 15.4. The van der Waals surface area contributed by atoms with Crippen molar-refractivity contribution in [2.45, 2.75) is 25.8 Å². The lowest BCUT2D eigenvalue weighted by Gasteiger charge is -2.12. The molecule has 28 heavy (non-hydrogen) atoms. The van der Waals surface area contributed by atoms with E-state index < -0.39 is 0 Å². The van der Waals surface area contributed by atoms with E-state index in [1.165, 1.54) is 12.1 Å². The maximum absolute atomic E-state index is 14.0. The summed E-state index contributed by atoms with van der Waals surface area (Å²) in [4.78, 5) is 27.8. The molecule has 2 amide bonds. The molecule has 2 heterocycles. The molecule has 7 heteroatoms. The van der Waals surface area contributed by atoms with Gasteiger partial charge < -0.3 is 20.9 Å². The van der Waals surface area contributed by atoms with Crippen molar-refractivity contribution in [3.63, 3.8) is 0 Å². The van der Waals surface area contributed by atoms with Crippen LogP contribution in [0, 0.1) is 12.7 Å². The Labute approximate surface area is 161 Å². The summed E-state index contributed by atoms with van der Waals surface area (Å²) in [5.41, 5.74) is 2.89. The van der Waals surface area contributed by atoms with Gasteiger partial charge in [0.1, 0.15) is 11.5 Å². The standard InChI is InChI=1S/C21H21FN4O2/c1-12-7-8-16(22)15-11-18(26-19(12)15)21(28)25-14-5-2-4-13(10-14)24-20(27)17-6-3-9-23-17/h2,4-5,7-8,10-11,17,23,26H,3,6,9H2,1H3,(H,24,27)(H,25,28). The summed E-state index contributed by atoms with van der Waals surface area (Å²) >= 11 is 0. The van der Waals surface area contributed by atoms with Crippen molar-refractivity contribution >= 4 is 34.1 Å². The molecule has 1 atom stereocenters. The Kier molecular flexibility index (Phi) is 4.83. The number of H-pyrrole nitrogens is 1. The maximum atomic E-state index is 14.0. The summed E-state index contributed by atoms with van der Waals surface area (Å²) in [6, 6.07) is 11.3. The molecule has 2 aromatic carbocycles. The van der Waals surface area contributed by atoms with Gasteiger partial charge in [0, 0.05) is 16.8 Å². The molecule has 3 aromatic rings. The van der Waals surface area contributed by atoms with E-state index in [9.17, 15) is 14.0 Å². The molecular weight excluding hydrogens is 359 g/mol. The fourth-order valence-electron chi connectivity index (χ4n) is 3.46. The maximum Gasteiger partial charge on any atom is 0.272 e. The van der Waals surface area contributed by atoms with E-state index in [0.717, 1.165) is 24.9 Å². The number of aromatic amines is 1. The Hall–Kier alpha value is -3.19. The van der Waals surface area contributed by atoms with E-state index in [2.05, 4.69) is 20.9 Å². The number of carbonyl (C=O) groups excluding carboxylic acids is 2. The molecule has 1 fully saturated rings. The van der Waals surface area contributed by atoms with Gasteiger partial charge in [-0.1, -0.05) is 12.1 Å². The Morgan fingerprint density at radius 1 is 1.11 bits per heavy atom. The van der Waals surface area contributed by atoms with Crippen LogP contribution in [0.3, 0.4) is 0 Å². The van der Waals surface area contributed by atoms with Crippen LogP contribution in [-0.2, 0) is 4.79 Å². The highest BCUT2D eigenvalue weighted by atomic mass is 19.1. The van der Waals surface area contributed by atoms with Crippen molar-refractivity contribution in [1.29, 1.82) is 0 Å². The quantitative estimate of drug-likeness (QED) is 0.558. The minimum Gasteiger partial charge on any atom is -0.350 e. The van der Waals surface area contributed by atoms with Crippen LogP contribution in [0.5, 0.6) is 0 Å². The smallest absolute Gasteiger partial charge is 0.272 e. The third-order valence-corrected chi connectivity index (χ3v) is 4.96. The van der Waals surface area contributed by atoms with Gasteiger partial charge in [0.15, 0.2) is 0 Å². The summed E-state index contributed by atoms with van der Waals surface area (Å²) in [7, 11) is 0. The number of nitrogens with one attached hydrogen (secondary N) is 4. The molecule has 1 aliphatic rings. The minimum absolute atomic E-state index is 0.0810. The fraction of sp³-hybridized carbons (Fsp3) is 0.238. The first-order chi connectivity index (χ1) is 13.5. The number of aromatic nitrogens is 1. The molecule has 1 saturated heterocycles. The zero-order chi connectivity index (χ0) is 19.7. The van der Waals surface area contributed by atoms with Crippen LogP contribution < -0.4 is 16.0 Å². The van der Waals surface area contributed by atoms with Crippen molar-refractivity contribution in [2.24, 2.45) is 0 Å². The number of hydrogen-bond acceptors (Lipinski definition) is 3. The highest BCUT2D eigenvalue weighted by Gasteiger charge is 2.22. The van der Waals surface area contributed by atoms with Crippen LogP contribution in [-0.4, -0.2) is 29.4 Å². The SMILES string of the molecule is Cc1ccc(F)c2cc(C(=O)Nc3cccc(NC(=O)C4CCCN4)c3)[nH]c12. The molecule has 6 nitrogen and oxygen atoms in total. The van der Waals surface area contributed by atoms with Gasteiger partial charge >= 0.3 is 0 Å². The van der Waals surface area contributed by atoms with Gasteiger partial charge in [-0.15, -0.1) is 0 Å². The highest BCUT2D eigenvalue weighted by molar-refractivity contribution is 6.06. The molecule has 4 rings (SSSR count). The molecule has 0 spiro atoms. The molecule has 1 aliphatic heterocycles. The van der Waals surface area contributed by atoms with Gasteiger partial charge in [-0.2, -0.15) is 0 Å². The molecule has 144 valence electrons. The normalized spacial score (nSPS) is 16.3. The Bertz CT molecular complexity index is 1010. The topological polar surface area (TPSA) is 86.0 Å². The van der Waals surface area contributed by atoms with Crippen LogP contribution in [0.1, 0.15) is 28.9 Å². The second-order valence-electron chi connectivity index (χ2n) is 7.01. The predicted molar refractivity (Wildman–Crippen MR) is 107 cm³/mol. The molecule has 0 aliphatic carbocycles. The van der Waals surface area contributed by atoms with Crippen LogP contribution in [0.4, 0.5) is 15.8 Å². The second kappa shape index (κ2) is 7.44. The summed E-state index contributed by atoms with van der Waals surface area (Å²) in [5.74, 6) is -0.834. The average Bonchev–Trinajstić information content (AvgIpc) is 3.35. The van der Waals surface area contributed by atoms with E-state index >= 15 is 0 Å². The van der Waals surface area contributed by atoms with Crippen LogP contribution >= 0.6 is 0 Å². The molecule has 0 bridgehead atoms. The summed E-state index contributed by atoms with van der Waals surface area (Å²) < 4.78 is 14.0. The van der Waals surface area contributed by atoms with Gasteiger partial charge in [0.25, 0.3) is 5.91 Å². The van der Waals surface area contributed by atoms with E-state index in [0.29, 0.717) is 22.3 Å². The third kappa shape index (κ3) is 3.61. The lowest BCUT2D eigenvalue weighted by molar-refractivity contribution is -0.117. The number of fused-ring (bicyclic) bond motifs is 1. The van der Waals surface area contributed by atoms with E-state index in [1.54, 1.807) is 30.3 Å². The van der Waals surface area contributed by atoms with Gasteiger partial charge in [-0.25, -0.2) is 4.39 Å². The van der Waals surface area contributed by atoms with Crippen molar-refractivity contribution in [3.8, 4) is 0 Å². The van der Waals surface area contributed by atoms with E-state index in [-0.39, 0.29) is 29.4 Å². The zero-order valence-electron chi connectivity index (χ0n) is 15.4. The van der Waals surface area contributed by atoms with Crippen LogP contribution in [0.15, 0.2) is 42.5 Å². The number of halogens is 1. The highest BCUT2D eigenvalue weighted by Crippen LogP contribution is 2.23. The van der Waals surface area contributed by atoms with E-state index in [1.807, 2.05) is 6.92 Å². The number of aryl methyl sites for hydroxylation is 1. The summed E-state index contributed by atoms with van der Waals surface area (Å²) in [6.07, 6.45) is 1.80. The average molecular weight is 380 g/mol. The monoisotopic (exact) mass is 380 g/mol. The molecule has 0 radical (unpaired) electrons. The molecule has 1 aromatic heterocycles. The van der Waals surface area contributed by atoms with Gasteiger partial charge in [-0.3, -0.25) is 9.59 Å². The first-order valence-corrected chi connectivity index (χ1v) is 9.25. The van der Waals surface area contributed by atoms with Crippen molar-refractivity contribution in [3.05, 3.63) is 59.5 Å². The lowest BCUT2D eigenvalue weighted by atomic mass is 10.1. The molecule has 1 unspecified atom stereocenters. The fourth-order valence-corrected chi connectivity index (χ4v) is 3.46. The third-order valence-electron chi connectivity index (χ3n) is 4.96. The number of hydrogen-bond donors (Lipinski definition) is 4. The molecule has 4 N–H and O–H groups in total. The van der Waals surface area contributed by atoms with Gasteiger partial charge in [-0.05, 0) is 62.2 Å². The van der Waals surface area contributed by atoms with Crippen LogP contribution in [0.25, 0.3) is 10.9 Å². The Morgan fingerprint density at radius 2 is 1.89 bits per heavy atom. The molecule has 0 saturated carbocycles. The number of amides is 2. The van der Waals surface area contributed by atoms with Gasteiger partial charge in [0.2, 0.25) is 5.91 Å². The lowest BCUT2D eigenvalue weighted by Crippen LogP contribution is -2.35. The van der Waals surface area contributed by atoms with Crippen molar-refractivity contribution < 1.29 is 14.0 Å². The van der Waals surface area contributed by atoms with Crippen molar-refractivity contribution in [2.75, 3.05) is 17.2 Å². The van der Waals surface area contributed by atoms with Crippen LogP contribution in [0.2, 0.25) is 0 Å². The minimum atomic E-state index is -0.379. The Balaban J connectivity index is 1.49. The number of rotatable bonds is 4.